The Bertz CT molecular complexity index is 1470. The molecule has 2 heterocycles. The molecule has 0 saturated carbocycles. The lowest BCUT2D eigenvalue weighted by atomic mass is 10.1. The number of aliphatic carboxylic acids is 1. The summed E-state index contributed by atoms with van der Waals surface area (Å²) in [7, 11) is 1.43. The minimum absolute atomic E-state index is 0.00350. The number of rotatable bonds is 10. The van der Waals surface area contributed by atoms with E-state index in [9.17, 15) is 24.6 Å². The zero-order valence-corrected chi connectivity index (χ0v) is 19.8. The van der Waals surface area contributed by atoms with E-state index >= 15 is 0 Å². The van der Waals surface area contributed by atoms with Crippen LogP contribution in [0.15, 0.2) is 64.2 Å². The lowest BCUT2D eigenvalue weighted by Gasteiger charge is -2.22. The molecule has 0 aliphatic heterocycles. The number of carbonyl (C=O) groups is 1. The average molecular weight is 493 g/mol. The number of imidazole rings is 1. The number of fused-ring (bicyclic) bond motifs is 1. The second-order valence-electron chi connectivity index (χ2n) is 8.52. The fraction of sp³-hybridized carbons (Fsp3) is 0.280. The van der Waals surface area contributed by atoms with E-state index in [4.69, 9.17) is 4.74 Å². The van der Waals surface area contributed by atoms with Crippen molar-refractivity contribution in [3.8, 4) is 5.75 Å². The first kappa shape index (κ1) is 24.7. The Balaban J connectivity index is 1.66. The van der Waals surface area contributed by atoms with Gasteiger partial charge in [-0.1, -0.05) is 48.0 Å². The van der Waals surface area contributed by atoms with E-state index in [2.05, 4.69) is 15.3 Å². The van der Waals surface area contributed by atoms with Crippen LogP contribution in [-0.2, 0) is 24.8 Å². The third-order valence-electron chi connectivity index (χ3n) is 5.73. The number of carboxylic acid groups (broad SMARTS) is 1. The summed E-state index contributed by atoms with van der Waals surface area (Å²) in [5.74, 6) is -0.812. The quantitative estimate of drug-likeness (QED) is 0.278. The molecule has 11 heteroatoms. The Hall–Kier alpha value is -4.38. The van der Waals surface area contributed by atoms with E-state index < -0.39 is 29.4 Å². The summed E-state index contributed by atoms with van der Waals surface area (Å²) in [4.78, 5) is 43.3. The number of anilines is 1. The molecule has 3 N–H and O–H groups in total. The standard InChI is InChI=1S/C25H27N5O6/c1-15-8-10-18(11-9-15)36-14-17(31)13-30-20-21(29(2)25(35)28-22(20)32)27-24(30)26-19(23(33)34)12-16-6-4-3-5-7-16/h3-11,17,19,31H,12-14H2,1-2H3,(H,26,27)(H,33,34)(H,28,32,35)/p-1/t17-,19+/m1/s1. The van der Waals surface area contributed by atoms with Gasteiger partial charge in [0.15, 0.2) is 11.2 Å². The molecule has 0 amide bonds. The molecule has 36 heavy (non-hydrogen) atoms. The summed E-state index contributed by atoms with van der Waals surface area (Å²) >= 11 is 0. The molecule has 2 atom stereocenters. The molecule has 0 aliphatic carbocycles. The number of carboxylic acids is 1. The van der Waals surface area contributed by atoms with E-state index in [1.807, 2.05) is 25.1 Å². The molecule has 2 aromatic heterocycles. The highest BCUT2D eigenvalue weighted by Crippen LogP contribution is 2.19. The van der Waals surface area contributed by atoms with Crippen LogP contribution in [0, 0.1) is 6.92 Å². The summed E-state index contributed by atoms with van der Waals surface area (Å²) in [6.07, 6.45) is -1.00. The summed E-state index contributed by atoms with van der Waals surface area (Å²) in [6, 6.07) is 15.1. The highest BCUT2D eigenvalue weighted by molar-refractivity contribution is 5.78. The molecule has 4 aromatic rings. The van der Waals surface area contributed by atoms with Crippen LogP contribution < -0.4 is 26.4 Å². The normalized spacial score (nSPS) is 12.9. The van der Waals surface area contributed by atoms with Crippen LogP contribution in [0.25, 0.3) is 11.2 Å². The Morgan fingerprint density at radius 1 is 1.17 bits per heavy atom. The third-order valence-corrected chi connectivity index (χ3v) is 5.73. The van der Waals surface area contributed by atoms with Crippen molar-refractivity contribution in [2.45, 2.75) is 32.0 Å². The molecule has 0 saturated heterocycles. The first-order valence-corrected chi connectivity index (χ1v) is 11.3. The second kappa shape index (κ2) is 10.5. The van der Waals surface area contributed by atoms with Gasteiger partial charge in [-0.05, 0) is 31.0 Å². The Kier molecular flexibility index (Phi) is 7.20. The number of aryl methyl sites for hydroxylation is 2. The SMILES string of the molecule is Cc1ccc(OC[C@H](O)Cn2c(N[C@@H](Cc3ccccc3)C(=O)[O-])nc3c2c(=O)[nH]c(=O)n3C)cc1. The van der Waals surface area contributed by atoms with E-state index in [1.54, 1.807) is 36.4 Å². The van der Waals surface area contributed by atoms with Crippen molar-refractivity contribution >= 4 is 23.1 Å². The maximum Gasteiger partial charge on any atom is 0.329 e. The molecule has 2 aromatic carbocycles. The zero-order chi connectivity index (χ0) is 25.8. The number of aromatic nitrogens is 4. The summed E-state index contributed by atoms with van der Waals surface area (Å²) in [5.41, 5.74) is 0.464. The van der Waals surface area contributed by atoms with Gasteiger partial charge in [-0.25, -0.2) is 4.79 Å². The minimum atomic E-state index is -1.37. The van der Waals surface area contributed by atoms with Gasteiger partial charge in [0.25, 0.3) is 5.56 Å². The van der Waals surface area contributed by atoms with Crippen LogP contribution >= 0.6 is 0 Å². The van der Waals surface area contributed by atoms with Crippen LogP contribution in [-0.4, -0.2) is 48.9 Å². The Morgan fingerprint density at radius 2 is 1.86 bits per heavy atom. The van der Waals surface area contributed by atoms with Gasteiger partial charge in [0.1, 0.15) is 18.5 Å². The summed E-state index contributed by atoms with van der Waals surface area (Å²) in [5, 5.41) is 25.4. The number of nitrogens with one attached hydrogen (secondary N) is 2. The van der Waals surface area contributed by atoms with Crippen LogP contribution in [0.4, 0.5) is 5.95 Å². The molecule has 0 bridgehead atoms. The van der Waals surface area contributed by atoms with E-state index in [0.29, 0.717) is 5.75 Å². The predicted molar refractivity (Wildman–Crippen MR) is 131 cm³/mol. The van der Waals surface area contributed by atoms with Gasteiger partial charge in [0.05, 0.1) is 18.6 Å². The van der Waals surface area contributed by atoms with Gasteiger partial charge in [0, 0.05) is 7.05 Å². The first-order valence-electron chi connectivity index (χ1n) is 11.3. The number of hydrogen-bond donors (Lipinski definition) is 3. The van der Waals surface area contributed by atoms with Crippen LogP contribution in [0.5, 0.6) is 5.75 Å². The van der Waals surface area contributed by atoms with Crippen LogP contribution in [0.3, 0.4) is 0 Å². The Morgan fingerprint density at radius 3 is 2.53 bits per heavy atom. The van der Waals surface area contributed by atoms with Crippen molar-refractivity contribution < 1.29 is 19.7 Å². The van der Waals surface area contributed by atoms with Crippen molar-refractivity contribution in [2.24, 2.45) is 7.05 Å². The van der Waals surface area contributed by atoms with E-state index in [1.165, 1.54) is 11.6 Å². The van der Waals surface area contributed by atoms with Crippen molar-refractivity contribution in [1.82, 2.24) is 19.1 Å². The number of benzene rings is 2. The van der Waals surface area contributed by atoms with Gasteiger partial charge < -0.3 is 29.6 Å². The minimum Gasteiger partial charge on any atom is -0.548 e. The molecule has 0 spiro atoms. The van der Waals surface area contributed by atoms with Crippen molar-refractivity contribution in [1.29, 1.82) is 0 Å². The monoisotopic (exact) mass is 492 g/mol. The lowest BCUT2D eigenvalue weighted by Crippen LogP contribution is -2.43. The zero-order valence-electron chi connectivity index (χ0n) is 19.8. The number of aliphatic hydroxyl groups excluding tert-OH is 1. The van der Waals surface area contributed by atoms with E-state index in [-0.39, 0.29) is 36.7 Å². The number of aliphatic hydroxyl groups is 1. The topological polar surface area (TPSA) is 154 Å². The van der Waals surface area contributed by atoms with Crippen molar-refractivity contribution in [3.05, 3.63) is 86.6 Å². The van der Waals surface area contributed by atoms with Crippen molar-refractivity contribution in [2.75, 3.05) is 11.9 Å². The largest absolute Gasteiger partial charge is 0.548 e. The molecule has 0 aliphatic rings. The third kappa shape index (κ3) is 5.47. The van der Waals surface area contributed by atoms with Gasteiger partial charge in [-0.2, -0.15) is 4.98 Å². The van der Waals surface area contributed by atoms with Crippen molar-refractivity contribution in [3.63, 3.8) is 0 Å². The highest BCUT2D eigenvalue weighted by Gasteiger charge is 2.22. The van der Waals surface area contributed by atoms with Gasteiger partial charge >= 0.3 is 5.69 Å². The molecule has 0 unspecified atom stereocenters. The lowest BCUT2D eigenvalue weighted by molar-refractivity contribution is -0.306. The smallest absolute Gasteiger partial charge is 0.329 e. The molecule has 4 rings (SSSR count). The van der Waals surface area contributed by atoms with E-state index in [0.717, 1.165) is 15.7 Å². The fourth-order valence-electron chi connectivity index (χ4n) is 3.81. The number of nitrogens with zero attached hydrogens (tertiary/aromatic N) is 3. The predicted octanol–water partition coefficient (Wildman–Crippen LogP) is -0.0553. The van der Waals surface area contributed by atoms with Crippen LogP contribution in [0.1, 0.15) is 11.1 Å². The van der Waals surface area contributed by atoms with Gasteiger partial charge in [-0.3, -0.25) is 14.3 Å². The molecular formula is C25H26N5O6-. The molecular weight excluding hydrogens is 466 g/mol. The number of ether oxygens (including phenoxy) is 1. The van der Waals surface area contributed by atoms with Crippen LogP contribution in [0.2, 0.25) is 0 Å². The molecule has 0 radical (unpaired) electrons. The fourth-order valence-corrected chi connectivity index (χ4v) is 3.81. The highest BCUT2D eigenvalue weighted by atomic mass is 16.5. The summed E-state index contributed by atoms with van der Waals surface area (Å²) < 4.78 is 8.13. The molecule has 11 nitrogen and oxygen atoms in total. The van der Waals surface area contributed by atoms with Gasteiger partial charge in [0.2, 0.25) is 5.95 Å². The maximum absolute atomic E-state index is 12.7. The van der Waals surface area contributed by atoms with Gasteiger partial charge in [-0.15, -0.1) is 0 Å². The number of hydrogen-bond acceptors (Lipinski definition) is 8. The maximum atomic E-state index is 12.7. The molecule has 188 valence electrons. The molecule has 0 fully saturated rings. The number of carbonyl (C=O) groups excluding carboxylic acids is 1. The average Bonchev–Trinajstić information content (AvgIpc) is 3.20. The number of aromatic amines is 1. The first-order chi connectivity index (χ1) is 17.2. The number of H-pyrrole nitrogens is 1. The second-order valence-corrected chi connectivity index (χ2v) is 8.52. The Labute approximate surface area is 205 Å². The summed E-state index contributed by atoms with van der Waals surface area (Å²) in [6.45, 7) is 1.69.